The lowest BCUT2D eigenvalue weighted by Gasteiger charge is -2.03. The zero-order valence-electron chi connectivity index (χ0n) is 10.2. The molecule has 8 heteroatoms. The summed E-state index contributed by atoms with van der Waals surface area (Å²) in [4.78, 5) is 33.2. The highest BCUT2D eigenvalue weighted by Gasteiger charge is 2.21. The molecule has 0 aliphatic carbocycles. The number of halogens is 1. The summed E-state index contributed by atoms with van der Waals surface area (Å²) < 4.78 is 22.9. The minimum absolute atomic E-state index is 0.0477. The maximum Gasteiger partial charge on any atom is 0.374 e. The molecular weight excluding hydrogens is 273 g/mol. The number of carbonyl (C=O) groups excluding carboxylic acids is 1. The molecule has 1 heterocycles. The van der Waals surface area contributed by atoms with Crippen molar-refractivity contribution < 1.29 is 23.3 Å². The van der Waals surface area contributed by atoms with E-state index in [1.807, 2.05) is 0 Å². The molecule has 0 bridgehead atoms. The van der Waals surface area contributed by atoms with Gasteiger partial charge in [-0.3, -0.25) is 14.9 Å². The Morgan fingerprint density at radius 1 is 1.45 bits per heavy atom. The van der Waals surface area contributed by atoms with E-state index in [-0.39, 0.29) is 12.0 Å². The highest BCUT2D eigenvalue weighted by molar-refractivity contribution is 5.91. The Bertz CT molecular complexity index is 766. The Hall–Kier alpha value is -2.77. The molecule has 7 nitrogen and oxygen atoms in total. The van der Waals surface area contributed by atoms with Crippen molar-refractivity contribution in [3.8, 4) is 0 Å². The minimum atomic E-state index is -0.944. The summed E-state index contributed by atoms with van der Waals surface area (Å²) in [5.74, 6) is -2.34. The molecule has 0 unspecified atom stereocenters. The first-order chi connectivity index (χ1) is 9.43. The van der Waals surface area contributed by atoms with Crippen LogP contribution in [0.25, 0.3) is 11.0 Å². The predicted octanol–water partition coefficient (Wildman–Crippen LogP) is 2.02. The Morgan fingerprint density at radius 2 is 2.15 bits per heavy atom. The zero-order chi connectivity index (χ0) is 14.9. The highest BCUT2D eigenvalue weighted by atomic mass is 19.1. The number of carbonyl (C=O) groups is 1. The van der Waals surface area contributed by atoms with Gasteiger partial charge in [0.2, 0.25) is 11.3 Å². The lowest BCUT2D eigenvalue weighted by molar-refractivity contribution is -0.383. The molecule has 0 atom stereocenters. The molecule has 0 amide bonds. The number of hydrogen-bond donors (Lipinski definition) is 0. The largest absolute Gasteiger partial charge is 0.460 e. The number of non-ortho nitro benzene ring substituents is 1. The predicted molar refractivity (Wildman–Crippen MR) is 65.1 cm³/mol. The fourth-order valence-corrected chi connectivity index (χ4v) is 1.64. The fourth-order valence-electron chi connectivity index (χ4n) is 1.64. The van der Waals surface area contributed by atoms with Crippen LogP contribution in [0.2, 0.25) is 0 Å². The maximum atomic E-state index is 13.2. The van der Waals surface area contributed by atoms with Crippen LogP contribution in [0.3, 0.4) is 0 Å². The number of benzene rings is 1. The van der Waals surface area contributed by atoms with Gasteiger partial charge in [-0.2, -0.15) is 0 Å². The van der Waals surface area contributed by atoms with Crippen molar-refractivity contribution in [3.05, 3.63) is 50.1 Å². The van der Waals surface area contributed by atoms with Gasteiger partial charge in [-0.15, -0.1) is 0 Å². The van der Waals surface area contributed by atoms with Crippen molar-refractivity contribution in [1.29, 1.82) is 0 Å². The molecule has 0 aliphatic rings. The second-order valence-corrected chi connectivity index (χ2v) is 3.75. The van der Waals surface area contributed by atoms with E-state index in [0.29, 0.717) is 6.07 Å². The Labute approximate surface area is 110 Å². The molecule has 2 aromatic rings. The number of nitro groups is 1. The Morgan fingerprint density at radius 3 is 2.75 bits per heavy atom. The summed E-state index contributed by atoms with van der Waals surface area (Å²) in [6.07, 6.45) is 0. The van der Waals surface area contributed by atoms with E-state index in [2.05, 4.69) is 4.74 Å². The van der Waals surface area contributed by atoms with Crippen molar-refractivity contribution in [3.63, 3.8) is 0 Å². The lowest BCUT2D eigenvalue weighted by Crippen LogP contribution is -2.10. The number of nitrogens with zero attached hydrogens (tertiary/aromatic N) is 1. The number of esters is 1. The summed E-state index contributed by atoms with van der Waals surface area (Å²) in [5, 5.41) is 10.5. The van der Waals surface area contributed by atoms with Crippen molar-refractivity contribution in [2.24, 2.45) is 0 Å². The van der Waals surface area contributed by atoms with E-state index in [0.717, 1.165) is 12.1 Å². The van der Waals surface area contributed by atoms with Crippen LogP contribution in [-0.4, -0.2) is 17.5 Å². The van der Waals surface area contributed by atoms with Crippen molar-refractivity contribution in [2.75, 3.05) is 6.61 Å². The number of ether oxygens (including phenoxy) is 1. The second-order valence-electron chi connectivity index (χ2n) is 3.75. The standard InChI is InChI=1S/C12H8FNO6/c1-2-19-12(16)10-5-9(15)7-3-6(13)4-8(14(17)18)11(7)20-10/h3-5H,2H2,1H3. The van der Waals surface area contributed by atoms with Gasteiger partial charge in [0.25, 0.3) is 0 Å². The average molecular weight is 281 g/mol. The van der Waals surface area contributed by atoms with Gasteiger partial charge >= 0.3 is 11.7 Å². The summed E-state index contributed by atoms with van der Waals surface area (Å²) in [6, 6.07) is 2.23. The van der Waals surface area contributed by atoms with E-state index in [1.165, 1.54) is 0 Å². The Kier molecular flexibility index (Phi) is 3.47. The molecule has 0 radical (unpaired) electrons. The SMILES string of the molecule is CCOC(=O)c1cc(=O)c2cc(F)cc([N+](=O)[O-])c2o1. The van der Waals surface area contributed by atoms with Gasteiger partial charge in [-0.1, -0.05) is 0 Å². The molecule has 2 rings (SSSR count). The van der Waals surface area contributed by atoms with E-state index >= 15 is 0 Å². The molecule has 1 aromatic carbocycles. The van der Waals surface area contributed by atoms with Crippen LogP contribution >= 0.6 is 0 Å². The van der Waals surface area contributed by atoms with Crippen LogP contribution in [0.1, 0.15) is 17.5 Å². The first kappa shape index (κ1) is 13.7. The molecule has 0 saturated heterocycles. The summed E-state index contributed by atoms with van der Waals surface area (Å²) in [7, 11) is 0. The number of hydrogen-bond acceptors (Lipinski definition) is 6. The first-order valence-electron chi connectivity index (χ1n) is 5.53. The quantitative estimate of drug-likeness (QED) is 0.484. The molecule has 1 aromatic heterocycles. The number of rotatable bonds is 3. The molecule has 0 spiro atoms. The van der Waals surface area contributed by atoms with Gasteiger partial charge in [0.05, 0.1) is 23.0 Å². The molecule has 0 fully saturated rings. The van der Waals surface area contributed by atoms with E-state index in [4.69, 9.17) is 4.42 Å². The highest BCUT2D eigenvalue weighted by Crippen LogP contribution is 2.26. The van der Waals surface area contributed by atoms with Gasteiger partial charge in [-0.25, -0.2) is 9.18 Å². The van der Waals surface area contributed by atoms with Crippen LogP contribution in [0.4, 0.5) is 10.1 Å². The molecule has 104 valence electrons. The van der Waals surface area contributed by atoms with Gasteiger partial charge in [-0.05, 0) is 13.0 Å². The smallest absolute Gasteiger partial charge is 0.374 e. The Balaban J connectivity index is 2.78. The monoisotopic (exact) mass is 281 g/mol. The second kappa shape index (κ2) is 5.08. The normalized spacial score (nSPS) is 10.5. The van der Waals surface area contributed by atoms with Gasteiger partial charge in [0, 0.05) is 6.07 Å². The zero-order valence-corrected chi connectivity index (χ0v) is 10.2. The molecule has 0 saturated carbocycles. The first-order valence-corrected chi connectivity index (χ1v) is 5.53. The maximum absolute atomic E-state index is 13.2. The average Bonchev–Trinajstić information content (AvgIpc) is 2.38. The number of nitro benzene ring substituents is 1. The third-order valence-electron chi connectivity index (χ3n) is 2.45. The van der Waals surface area contributed by atoms with Crippen molar-refractivity contribution >= 4 is 22.6 Å². The van der Waals surface area contributed by atoms with Crippen molar-refractivity contribution in [1.82, 2.24) is 0 Å². The third-order valence-corrected chi connectivity index (χ3v) is 2.45. The number of fused-ring (bicyclic) bond motifs is 1. The molecule has 0 N–H and O–H groups in total. The van der Waals surface area contributed by atoms with Crippen molar-refractivity contribution in [2.45, 2.75) is 6.92 Å². The van der Waals surface area contributed by atoms with Gasteiger partial charge in [0.15, 0.2) is 5.43 Å². The summed E-state index contributed by atoms with van der Waals surface area (Å²) in [5.41, 5.74) is -1.97. The summed E-state index contributed by atoms with van der Waals surface area (Å²) in [6.45, 7) is 1.60. The van der Waals surface area contributed by atoms with Gasteiger partial charge in [0.1, 0.15) is 5.82 Å². The van der Waals surface area contributed by atoms with Gasteiger partial charge < -0.3 is 9.15 Å². The molecule has 0 aliphatic heterocycles. The third kappa shape index (κ3) is 2.35. The van der Waals surface area contributed by atoms with Crippen LogP contribution < -0.4 is 5.43 Å². The topological polar surface area (TPSA) is 99.7 Å². The van der Waals surface area contributed by atoms with Crippen LogP contribution in [-0.2, 0) is 4.74 Å². The minimum Gasteiger partial charge on any atom is -0.460 e. The van der Waals surface area contributed by atoms with Crippen LogP contribution in [0.15, 0.2) is 27.4 Å². The molecular formula is C12H8FNO6. The lowest BCUT2D eigenvalue weighted by atomic mass is 10.2. The van der Waals surface area contributed by atoms with Crippen LogP contribution in [0.5, 0.6) is 0 Å². The van der Waals surface area contributed by atoms with E-state index < -0.39 is 39.2 Å². The van der Waals surface area contributed by atoms with E-state index in [1.54, 1.807) is 6.92 Å². The summed E-state index contributed by atoms with van der Waals surface area (Å²) >= 11 is 0. The fraction of sp³-hybridized carbons (Fsp3) is 0.167. The molecule has 20 heavy (non-hydrogen) atoms. The van der Waals surface area contributed by atoms with E-state index in [9.17, 15) is 24.1 Å². The van der Waals surface area contributed by atoms with Crippen LogP contribution in [0, 0.1) is 15.9 Å².